The molecule has 0 aliphatic heterocycles. The minimum Gasteiger partial charge on any atom is -0.449 e. The summed E-state index contributed by atoms with van der Waals surface area (Å²) in [5.41, 5.74) is 0.963. The van der Waals surface area contributed by atoms with Crippen LogP contribution in [0.3, 0.4) is 0 Å². The highest BCUT2D eigenvalue weighted by atomic mass is 35.5. The van der Waals surface area contributed by atoms with Gasteiger partial charge in [-0.15, -0.1) is 0 Å². The molecule has 5 nitrogen and oxygen atoms in total. The molecule has 0 bridgehead atoms. The molecule has 1 aromatic rings. The summed E-state index contributed by atoms with van der Waals surface area (Å²) >= 11 is 6.26. The van der Waals surface area contributed by atoms with E-state index in [1.54, 1.807) is 23.1 Å². The van der Waals surface area contributed by atoms with Crippen molar-refractivity contribution in [1.29, 1.82) is 0 Å². The quantitative estimate of drug-likeness (QED) is 0.774. The molecule has 0 spiro atoms. The van der Waals surface area contributed by atoms with E-state index in [1.165, 1.54) is 32.1 Å². The molecule has 1 saturated carbocycles. The van der Waals surface area contributed by atoms with Crippen molar-refractivity contribution in [3.63, 3.8) is 0 Å². The number of ether oxygens (including phenoxy) is 1. The van der Waals surface area contributed by atoms with Crippen LogP contribution in [-0.4, -0.2) is 37.1 Å². The third kappa shape index (κ3) is 5.92. The van der Waals surface area contributed by atoms with Crippen molar-refractivity contribution in [3.8, 4) is 0 Å². The zero-order valence-electron chi connectivity index (χ0n) is 15.0. The van der Waals surface area contributed by atoms with E-state index in [1.807, 2.05) is 14.0 Å². The molecule has 138 valence electrons. The van der Waals surface area contributed by atoms with Gasteiger partial charge < -0.3 is 9.64 Å². The molecule has 6 heteroatoms. The summed E-state index contributed by atoms with van der Waals surface area (Å²) in [4.78, 5) is 26.0. The Morgan fingerprint density at radius 1 is 1.28 bits per heavy atom. The predicted octanol–water partition coefficient (Wildman–Crippen LogP) is 4.95. The molecule has 1 fully saturated rings. The lowest BCUT2D eigenvalue weighted by Gasteiger charge is -2.27. The van der Waals surface area contributed by atoms with Crippen LogP contribution in [0.1, 0.15) is 55.8 Å². The third-order valence-electron chi connectivity index (χ3n) is 4.49. The van der Waals surface area contributed by atoms with E-state index in [2.05, 4.69) is 5.32 Å². The van der Waals surface area contributed by atoms with Gasteiger partial charge >= 0.3 is 6.09 Å². The highest BCUT2D eigenvalue weighted by molar-refractivity contribution is 6.34. The SMILES string of the molecule is CCCOC(=O)Nc1ccc(C(=O)N(C)CC2CCCCC2)c(Cl)c1. The number of carbonyl (C=O) groups excluding carboxylic acids is 2. The van der Waals surface area contributed by atoms with E-state index in [0.717, 1.165) is 13.0 Å². The van der Waals surface area contributed by atoms with Crippen molar-refractivity contribution in [2.45, 2.75) is 45.4 Å². The Balaban J connectivity index is 1.96. The standard InChI is InChI=1S/C19H27ClN2O3/c1-3-11-25-19(24)21-15-9-10-16(17(20)12-15)18(23)22(2)13-14-7-5-4-6-8-14/h9-10,12,14H,3-8,11,13H2,1-2H3,(H,21,24). The molecule has 2 amide bonds. The largest absolute Gasteiger partial charge is 0.449 e. The van der Waals surface area contributed by atoms with Crippen molar-refractivity contribution in [2.24, 2.45) is 5.92 Å². The van der Waals surface area contributed by atoms with Gasteiger partial charge in [-0.3, -0.25) is 10.1 Å². The van der Waals surface area contributed by atoms with Gasteiger partial charge in [0.25, 0.3) is 5.91 Å². The second-order valence-corrected chi connectivity index (χ2v) is 7.05. The van der Waals surface area contributed by atoms with Crippen LogP contribution in [0.5, 0.6) is 0 Å². The number of rotatable bonds is 6. The van der Waals surface area contributed by atoms with Crippen LogP contribution in [0, 0.1) is 5.92 Å². The van der Waals surface area contributed by atoms with Crippen molar-refractivity contribution >= 4 is 29.3 Å². The lowest BCUT2D eigenvalue weighted by atomic mass is 9.89. The van der Waals surface area contributed by atoms with Crippen LogP contribution in [0.4, 0.5) is 10.5 Å². The number of halogens is 1. The number of carbonyl (C=O) groups is 2. The Bertz CT molecular complexity index is 600. The van der Waals surface area contributed by atoms with E-state index in [-0.39, 0.29) is 5.91 Å². The first-order valence-electron chi connectivity index (χ1n) is 9.00. The van der Waals surface area contributed by atoms with E-state index >= 15 is 0 Å². The maximum atomic E-state index is 12.6. The fourth-order valence-electron chi connectivity index (χ4n) is 3.16. The Labute approximate surface area is 154 Å². The monoisotopic (exact) mass is 366 g/mol. The van der Waals surface area contributed by atoms with Crippen molar-refractivity contribution in [3.05, 3.63) is 28.8 Å². The number of benzene rings is 1. The zero-order chi connectivity index (χ0) is 18.2. The number of nitrogens with one attached hydrogen (secondary N) is 1. The van der Waals surface area contributed by atoms with Crippen LogP contribution in [0.25, 0.3) is 0 Å². The molecule has 1 aliphatic rings. The summed E-state index contributed by atoms with van der Waals surface area (Å²) in [5.74, 6) is 0.492. The van der Waals surface area contributed by atoms with Crippen molar-refractivity contribution in [1.82, 2.24) is 4.90 Å². The predicted molar refractivity (Wildman–Crippen MR) is 100 cm³/mol. The third-order valence-corrected chi connectivity index (χ3v) is 4.80. The van der Waals surface area contributed by atoms with Crippen molar-refractivity contribution < 1.29 is 14.3 Å². The van der Waals surface area contributed by atoms with Crippen LogP contribution >= 0.6 is 11.6 Å². The van der Waals surface area contributed by atoms with Gasteiger partial charge in [0.2, 0.25) is 0 Å². The average molecular weight is 367 g/mol. The Morgan fingerprint density at radius 3 is 2.64 bits per heavy atom. The minimum absolute atomic E-state index is 0.0873. The normalized spacial score (nSPS) is 14.8. The summed E-state index contributed by atoms with van der Waals surface area (Å²) in [6.45, 7) is 3.05. The van der Waals surface area contributed by atoms with E-state index in [9.17, 15) is 9.59 Å². The fourth-order valence-corrected chi connectivity index (χ4v) is 3.42. The highest BCUT2D eigenvalue weighted by Crippen LogP contribution is 2.26. The Morgan fingerprint density at radius 2 is 2.00 bits per heavy atom. The average Bonchev–Trinajstić information content (AvgIpc) is 2.60. The first-order valence-corrected chi connectivity index (χ1v) is 9.37. The van der Waals surface area contributed by atoms with Crippen LogP contribution in [0.15, 0.2) is 18.2 Å². The first-order chi connectivity index (χ1) is 12.0. The second-order valence-electron chi connectivity index (χ2n) is 6.65. The molecule has 0 heterocycles. The first kappa shape index (κ1) is 19.6. The number of hydrogen-bond donors (Lipinski definition) is 1. The van der Waals surface area contributed by atoms with E-state index in [4.69, 9.17) is 16.3 Å². The summed E-state index contributed by atoms with van der Waals surface area (Å²) in [5, 5.41) is 2.94. The molecule has 1 N–H and O–H groups in total. The smallest absolute Gasteiger partial charge is 0.411 e. The maximum Gasteiger partial charge on any atom is 0.411 e. The number of amides is 2. The Kier molecular flexibility index (Phi) is 7.56. The lowest BCUT2D eigenvalue weighted by Crippen LogP contribution is -2.32. The number of anilines is 1. The molecule has 0 radical (unpaired) electrons. The van der Waals surface area contributed by atoms with Gasteiger partial charge in [0, 0.05) is 19.3 Å². The maximum absolute atomic E-state index is 12.6. The van der Waals surface area contributed by atoms with Crippen LogP contribution in [0.2, 0.25) is 5.02 Å². The molecule has 0 unspecified atom stereocenters. The van der Waals surface area contributed by atoms with Gasteiger partial charge in [0.1, 0.15) is 0 Å². The van der Waals surface area contributed by atoms with Gasteiger partial charge in [-0.25, -0.2) is 4.79 Å². The summed E-state index contributed by atoms with van der Waals surface area (Å²) < 4.78 is 4.97. The van der Waals surface area contributed by atoms with Gasteiger partial charge in [0.05, 0.1) is 17.2 Å². The molecule has 0 aromatic heterocycles. The molecular formula is C19H27ClN2O3. The van der Waals surface area contributed by atoms with E-state index in [0.29, 0.717) is 28.8 Å². The van der Waals surface area contributed by atoms with E-state index < -0.39 is 6.09 Å². The summed E-state index contributed by atoms with van der Waals surface area (Å²) in [7, 11) is 1.82. The van der Waals surface area contributed by atoms with Gasteiger partial charge in [-0.05, 0) is 43.4 Å². The fraction of sp³-hybridized carbons (Fsp3) is 0.579. The Hall–Kier alpha value is -1.75. The minimum atomic E-state index is -0.522. The van der Waals surface area contributed by atoms with Crippen LogP contribution < -0.4 is 5.32 Å². The lowest BCUT2D eigenvalue weighted by molar-refractivity contribution is 0.0760. The van der Waals surface area contributed by atoms with Gasteiger partial charge in [-0.1, -0.05) is 37.8 Å². The van der Waals surface area contributed by atoms with Crippen LogP contribution in [-0.2, 0) is 4.74 Å². The van der Waals surface area contributed by atoms with Gasteiger partial charge in [0.15, 0.2) is 0 Å². The van der Waals surface area contributed by atoms with Gasteiger partial charge in [-0.2, -0.15) is 0 Å². The molecule has 2 rings (SSSR count). The number of nitrogens with zero attached hydrogens (tertiary/aromatic N) is 1. The van der Waals surface area contributed by atoms with Crippen molar-refractivity contribution in [2.75, 3.05) is 25.5 Å². The molecule has 1 aromatic carbocycles. The number of hydrogen-bond acceptors (Lipinski definition) is 3. The molecule has 25 heavy (non-hydrogen) atoms. The molecule has 1 aliphatic carbocycles. The zero-order valence-corrected chi connectivity index (χ0v) is 15.8. The molecular weight excluding hydrogens is 340 g/mol. The summed E-state index contributed by atoms with van der Waals surface area (Å²) in [6.07, 6.45) is 6.42. The highest BCUT2D eigenvalue weighted by Gasteiger charge is 2.21. The molecule has 0 saturated heterocycles. The summed E-state index contributed by atoms with van der Waals surface area (Å²) in [6, 6.07) is 4.90. The second kappa shape index (κ2) is 9.66. The topological polar surface area (TPSA) is 58.6 Å². The molecule has 0 atom stereocenters.